The summed E-state index contributed by atoms with van der Waals surface area (Å²) < 4.78 is 0. The van der Waals surface area contributed by atoms with E-state index in [4.69, 9.17) is 0 Å². The highest BCUT2D eigenvalue weighted by molar-refractivity contribution is 7.80. The second kappa shape index (κ2) is 25.5. The van der Waals surface area contributed by atoms with Crippen molar-refractivity contribution in [3.05, 3.63) is 162 Å². The maximum atomic E-state index is 2.61. The van der Waals surface area contributed by atoms with Gasteiger partial charge in [-0.15, -0.1) is 0 Å². The van der Waals surface area contributed by atoms with Gasteiger partial charge in [-0.1, -0.05) is 239 Å². The smallest absolute Gasteiger partial charge is 0.00812 e. The summed E-state index contributed by atoms with van der Waals surface area (Å²) in [5.74, 6) is 4.94. The van der Waals surface area contributed by atoms with Crippen LogP contribution in [0.4, 0.5) is 0 Å². The molecule has 0 saturated heterocycles. The van der Waals surface area contributed by atoms with E-state index < -0.39 is 15.8 Å². The summed E-state index contributed by atoms with van der Waals surface area (Å²) >= 11 is 0. The Hall–Kier alpha value is -3.82. The van der Waals surface area contributed by atoms with Crippen LogP contribution >= 0.6 is 15.8 Å². The minimum Gasteiger partial charge on any atom is -0.0587 e. The molecule has 78 heavy (non-hydrogen) atoms. The van der Waals surface area contributed by atoms with Crippen molar-refractivity contribution < 1.29 is 0 Å². The molecule has 0 aliphatic carbocycles. The molecule has 0 saturated carbocycles. The molecule has 0 atom stereocenters. The number of hydrogen-bond donors (Lipinski definition) is 0. The Balaban J connectivity index is 1.75. The van der Waals surface area contributed by atoms with E-state index >= 15 is 0 Å². The van der Waals surface area contributed by atoms with Gasteiger partial charge in [-0.3, -0.25) is 0 Å². The number of rotatable bonds is 19. The molecule has 0 bridgehead atoms. The van der Waals surface area contributed by atoms with Crippen LogP contribution in [0.25, 0.3) is 11.1 Å². The SMILES string of the molecule is Cc1cc(-c2cc(C)c(P(c3c(C(C)C)cc(C(C)C)cc3C(C)C)c3c(C(C)C)cc(C(C)C)cc3C(C)C)c(C)c2)cc(C)c1P(c1c(C(C)C)cc(C(C)C)cc1C(C)C)c1c(C(C)C)cc(C(C)C)cc1C(C)C. The van der Waals surface area contributed by atoms with E-state index in [9.17, 15) is 0 Å². The number of aryl methyl sites for hydroxylation is 4. The third-order valence-corrected chi connectivity index (χ3v) is 23.2. The van der Waals surface area contributed by atoms with Gasteiger partial charge in [0.2, 0.25) is 0 Å². The molecule has 6 aromatic rings. The first-order valence-corrected chi connectivity index (χ1v) is 33.5. The van der Waals surface area contributed by atoms with Crippen LogP contribution in [0.5, 0.6) is 0 Å². The Kier molecular flexibility index (Phi) is 20.7. The molecule has 6 rings (SSSR count). The fraction of sp³-hybridized carbons (Fsp3) is 0.526. The Labute approximate surface area is 482 Å². The van der Waals surface area contributed by atoms with Gasteiger partial charge in [0.1, 0.15) is 0 Å². The fourth-order valence-corrected chi connectivity index (χ4v) is 20.0. The van der Waals surface area contributed by atoms with Crippen LogP contribution in [-0.2, 0) is 0 Å². The van der Waals surface area contributed by atoms with Crippen molar-refractivity contribution >= 4 is 47.7 Å². The average molecular weight is 1080 g/mol. The molecule has 0 N–H and O–H groups in total. The lowest BCUT2D eigenvalue weighted by Crippen LogP contribution is -2.34. The second-order valence-corrected chi connectivity index (χ2v) is 31.7. The highest BCUT2D eigenvalue weighted by Crippen LogP contribution is 2.50. The maximum Gasteiger partial charge on any atom is -0.00812 e. The minimum atomic E-state index is -0.968. The molecule has 2 heteroatoms. The van der Waals surface area contributed by atoms with Gasteiger partial charge < -0.3 is 0 Å². The lowest BCUT2D eigenvalue weighted by Gasteiger charge is -2.36. The van der Waals surface area contributed by atoms with Gasteiger partial charge in [0.05, 0.1) is 0 Å². The molecule has 0 nitrogen and oxygen atoms in total. The summed E-state index contributed by atoms with van der Waals surface area (Å²) in [6.07, 6.45) is 0. The van der Waals surface area contributed by atoms with Crippen molar-refractivity contribution in [2.75, 3.05) is 0 Å². The zero-order valence-electron chi connectivity index (χ0n) is 54.8. The van der Waals surface area contributed by atoms with Crippen LogP contribution in [0.3, 0.4) is 0 Å². The van der Waals surface area contributed by atoms with E-state index in [0.717, 1.165) is 0 Å². The van der Waals surface area contributed by atoms with E-state index in [1.807, 2.05) is 0 Å². The maximum absolute atomic E-state index is 2.61. The van der Waals surface area contributed by atoms with Gasteiger partial charge in [0.15, 0.2) is 0 Å². The van der Waals surface area contributed by atoms with E-state index in [1.165, 1.54) is 100 Å². The predicted octanol–water partition coefficient (Wildman–Crippen LogP) is 21.6. The fourth-order valence-electron chi connectivity index (χ4n) is 12.3. The molecule has 422 valence electrons. The van der Waals surface area contributed by atoms with Gasteiger partial charge in [-0.05, 0) is 247 Å². The average Bonchev–Trinajstić information content (AvgIpc) is 3.34. The van der Waals surface area contributed by atoms with Crippen LogP contribution in [0.15, 0.2) is 72.8 Å². The molecule has 0 aliphatic rings. The molecule has 0 aromatic heterocycles. The molecule has 0 spiro atoms. The summed E-state index contributed by atoms with van der Waals surface area (Å²) in [6.45, 7) is 67.9. The second-order valence-electron chi connectivity index (χ2n) is 27.6. The Bertz CT molecular complexity index is 2560. The van der Waals surface area contributed by atoms with Gasteiger partial charge in [-0.25, -0.2) is 0 Å². The largest absolute Gasteiger partial charge is 0.0587 e. The standard InChI is InChI=1S/C76H108P2/c1-41(2)57-33-63(45(9)10)73(64(34-57)46(11)12)77(74-65(47(13)14)35-58(42(3)4)36-66(74)48(15)16)71-53(25)29-61(30-54(71)26)62-31-55(27)72(56(28)32-62)78(75-67(49(17)18)37-59(43(5)6)38-68(75)50(19)20)76-69(51(21)22)39-60(44(7)8)40-70(76)52(23)24/h29-52H,1-28H3. The summed E-state index contributed by atoms with van der Waals surface area (Å²) in [5, 5.41) is 9.52. The van der Waals surface area contributed by atoms with Gasteiger partial charge in [0, 0.05) is 0 Å². The lowest BCUT2D eigenvalue weighted by molar-refractivity contribution is 0.810. The number of benzene rings is 6. The van der Waals surface area contributed by atoms with Crippen molar-refractivity contribution in [3.8, 4) is 11.1 Å². The summed E-state index contributed by atoms with van der Waals surface area (Å²) in [6, 6.07) is 31.2. The first-order chi connectivity index (χ1) is 36.3. The molecule has 0 heterocycles. The van der Waals surface area contributed by atoms with Crippen LogP contribution in [0, 0.1) is 27.7 Å². The molecule has 0 aliphatic heterocycles. The summed E-state index contributed by atoms with van der Waals surface area (Å²) in [4.78, 5) is 0. The molecule has 0 amide bonds. The van der Waals surface area contributed by atoms with Crippen molar-refractivity contribution in [1.29, 1.82) is 0 Å². The predicted molar refractivity (Wildman–Crippen MR) is 357 cm³/mol. The summed E-state index contributed by atoms with van der Waals surface area (Å²) in [5.41, 5.74) is 26.5. The molecule has 0 radical (unpaired) electrons. The van der Waals surface area contributed by atoms with E-state index in [1.54, 1.807) is 31.8 Å². The normalized spacial score (nSPS) is 12.7. The Morgan fingerprint density at radius 1 is 0.192 bits per heavy atom. The van der Waals surface area contributed by atoms with Crippen molar-refractivity contribution in [2.24, 2.45) is 0 Å². The lowest BCUT2D eigenvalue weighted by atomic mass is 9.89. The van der Waals surface area contributed by atoms with Gasteiger partial charge in [0.25, 0.3) is 0 Å². The quantitative estimate of drug-likeness (QED) is 0.0709. The Morgan fingerprint density at radius 2 is 0.333 bits per heavy atom. The highest BCUT2D eigenvalue weighted by atomic mass is 31.1. The van der Waals surface area contributed by atoms with Crippen molar-refractivity contribution in [1.82, 2.24) is 0 Å². The molecular weight excluding hydrogens is 975 g/mol. The molecule has 6 aromatic carbocycles. The monoisotopic (exact) mass is 1080 g/mol. The van der Waals surface area contributed by atoms with Gasteiger partial charge >= 0.3 is 0 Å². The topological polar surface area (TPSA) is 0 Å². The van der Waals surface area contributed by atoms with Crippen molar-refractivity contribution in [2.45, 2.75) is 265 Å². The molecule has 0 unspecified atom stereocenters. The highest BCUT2D eigenvalue weighted by Gasteiger charge is 2.36. The number of hydrogen-bond acceptors (Lipinski definition) is 0. The Morgan fingerprint density at radius 3 is 0.449 bits per heavy atom. The first kappa shape index (κ1) is 63.4. The zero-order chi connectivity index (χ0) is 58.4. The van der Waals surface area contributed by atoms with E-state index in [0.29, 0.717) is 71.0 Å². The van der Waals surface area contributed by atoms with E-state index in [2.05, 4.69) is 267 Å². The van der Waals surface area contributed by atoms with Gasteiger partial charge in [-0.2, -0.15) is 0 Å². The molecular formula is C76H108P2. The third-order valence-electron chi connectivity index (χ3n) is 17.1. The third kappa shape index (κ3) is 12.9. The van der Waals surface area contributed by atoms with E-state index in [-0.39, 0.29) is 0 Å². The summed E-state index contributed by atoms with van der Waals surface area (Å²) in [7, 11) is -1.94. The van der Waals surface area contributed by atoms with Crippen molar-refractivity contribution in [3.63, 3.8) is 0 Å². The first-order valence-electron chi connectivity index (χ1n) is 30.8. The van der Waals surface area contributed by atoms with Crippen LogP contribution < -0.4 is 31.8 Å². The zero-order valence-corrected chi connectivity index (χ0v) is 56.5. The van der Waals surface area contributed by atoms with Crippen LogP contribution in [0.2, 0.25) is 0 Å². The minimum absolute atomic E-state index is 0.388. The van der Waals surface area contributed by atoms with Crippen LogP contribution in [0.1, 0.15) is 326 Å². The van der Waals surface area contributed by atoms with Crippen LogP contribution in [-0.4, -0.2) is 0 Å². The molecule has 0 fully saturated rings.